The first-order chi connectivity index (χ1) is 14.4. The van der Waals surface area contributed by atoms with Gasteiger partial charge in [0, 0.05) is 28.1 Å². The molecular formula is C21H22N6OS2. The Hall–Kier alpha value is -2.78. The highest BCUT2D eigenvalue weighted by atomic mass is 32.2. The predicted molar refractivity (Wildman–Crippen MR) is 120 cm³/mol. The van der Waals surface area contributed by atoms with Crippen LogP contribution in [0.3, 0.4) is 0 Å². The van der Waals surface area contributed by atoms with Crippen molar-refractivity contribution in [1.82, 2.24) is 24.6 Å². The number of rotatable bonds is 6. The molecule has 0 spiro atoms. The molecule has 0 bridgehead atoms. The van der Waals surface area contributed by atoms with Crippen LogP contribution in [-0.4, -0.2) is 30.5 Å². The van der Waals surface area contributed by atoms with Gasteiger partial charge in [-0.25, -0.2) is 14.5 Å². The number of thiazole rings is 1. The average Bonchev–Trinajstić information content (AvgIpc) is 3.33. The molecule has 0 aliphatic rings. The van der Waals surface area contributed by atoms with Gasteiger partial charge in [-0.05, 0) is 37.5 Å². The van der Waals surface area contributed by atoms with Crippen LogP contribution in [0.2, 0.25) is 0 Å². The van der Waals surface area contributed by atoms with Gasteiger partial charge in [-0.1, -0.05) is 43.8 Å². The second-order valence-electron chi connectivity index (χ2n) is 7.28. The summed E-state index contributed by atoms with van der Waals surface area (Å²) in [6, 6.07) is 9.54. The number of carbonyl (C=O) groups is 1. The zero-order valence-electron chi connectivity index (χ0n) is 17.2. The van der Waals surface area contributed by atoms with Gasteiger partial charge in [-0.3, -0.25) is 10.1 Å². The van der Waals surface area contributed by atoms with Crippen molar-refractivity contribution in [3.63, 3.8) is 0 Å². The Labute approximate surface area is 183 Å². The molecule has 0 saturated carbocycles. The molecule has 0 radical (unpaired) electrons. The number of hydrogen-bond donors (Lipinski definition) is 1. The minimum absolute atomic E-state index is 0.160. The Kier molecular flexibility index (Phi) is 5.83. The number of nitrogens with zero attached hydrogens (tertiary/aromatic N) is 5. The Morgan fingerprint density at radius 1 is 1.20 bits per heavy atom. The Morgan fingerprint density at radius 2 is 2.00 bits per heavy atom. The number of aromatic nitrogens is 5. The first kappa shape index (κ1) is 20.5. The molecule has 0 atom stereocenters. The van der Waals surface area contributed by atoms with Crippen molar-refractivity contribution in [2.75, 3.05) is 5.32 Å². The number of amides is 1. The smallest absolute Gasteiger partial charge is 0.257 e. The van der Waals surface area contributed by atoms with E-state index < -0.39 is 0 Å². The second-order valence-corrected chi connectivity index (χ2v) is 9.08. The molecule has 7 nitrogen and oxygen atoms in total. The summed E-state index contributed by atoms with van der Waals surface area (Å²) in [6.45, 7) is 8.08. The summed E-state index contributed by atoms with van der Waals surface area (Å²) in [7, 11) is 0. The fourth-order valence-electron chi connectivity index (χ4n) is 2.99. The maximum atomic E-state index is 12.8. The van der Waals surface area contributed by atoms with E-state index in [1.54, 1.807) is 4.52 Å². The van der Waals surface area contributed by atoms with E-state index in [2.05, 4.69) is 39.2 Å². The summed E-state index contributed by atoms with van der Waals surface area (Å²) >= 11 is 2.93. The summed E-state index contributed by atoms with van der Waals surface area (Å²) in [5.41, 5.74) is 4.42. The van der Waals surface area contributed by atoms with Crippen LogP contribution in [0.25, 0.3) is 5.78 Å². The lowest BCUT2D eigenvalue weighted by atomic mass is 10.1. The molecule has 9 heteroatoms. The highest BCUT2D eigenvalue weighted by Gasteiger charge is 2.15. The number of thioether (sulfide) groups is 1. The van der Waals surface area contributed by atoms with Crippen LogP contribution in [0.5, 0.6) is 0 Å². The van der Waals surface area contributed by atoms with E-state index in [1.807, 2.05) is 49.6 Å². The van der Waals surface area contributed by atoms with Gasteiger partial charge in [0.05, 0.1) is 5.69 Å². The van der Waals surface area contributed by atoms with Gasteiger partial charge >= 0.3 is 0 Å². The maximum absolute atomic E-state index is 12.8. The molecule has 1 amide bonds. The van der Waals surface area contributed by atoms with Crippen molar-refractivity contribution in [3.8, 4) is 0 Å². The Morgan fingerprint density at radius 3 is 2.77 bits per heavy atom. The Balaban J connectivity index is 1.50. The lowest BCUT2D eigenvalue weighted by Gasteiger charge is -2.08. The fourth-order valence-corrected chi connectivity index (χ4v) is 4.68. The summed E-state index contributed by atoms with van der Waals surface area (Å²) in [5.74, 6) is 1.33. The number of aryl methyl sites for hydroxylation is 2. The second kappa shape index (κ2) is 8.53. The predicted octanol–water partition coefficient (Wildman–Crippen LogP) is 4.87. The van der Waals surface area contributed by atoms with Gasteiger partial charge in [0.2, 0.25) is 5.16 Å². The van der Waals surface area contributed by atoms with Crippen molar-refractivity contribution in [2.24, 2.45) is 0 Å². The van der Waals surface area contributed by atoms with Crippen molar-refractivity contribution < 1.29 is 4.79 Å². The fraction of sp³-hybridized carbons (Fsp3) is 0.286. The third kappa shape index (κ3) is 4.36. The third-order valence-electron chi connectivity index (χ3n) is 4.55. The molecule has 154 valence electrons. The monoisotopic (exact) mass is 438 g/mol. The summed E-state index contributed by atoms with van der Waals surface area (Å²) in [6.07, 6.45) is 0. The molecule has 0 aliphatic heterocycles. The standard InChI is InChI=1S/C21H22N6OS2/c1-12(2)17-11-30-20(23-17)24-18(28)16-8-6-5-7-15(16)10-29-21-25-19-22-13(3)9-14(4)27(19)26-21/h5-9,11-12H,10H2,1-4H3,(H,23,24,28). The number of carbonyl (C=O) groups excluding carboxylic acids is 1. The van der Waals surface area contributed by atoms with E-state index in [0.717, 1.165) is 22.6 Å². The van der Waals surface area contributed by atoms with Crippen LogP contribution in [0, 0.1) is 13.8 Å². The van der Waals surface area contributed by atoms with E-state index in [9.17, 15) is 4.79 Å². The van der Waals surface area contributed by atoms with Gasteiger partial charge in [0.25, 0.3) is 11.7 Å². The lowest BCUT2D eigenvalue weighted by molar-refractivity contribution is 0.102. The van der Waals surface area contributed by atoms with Crippen LogP contribution in [0.1, 0.15) is 52.8 Å². The summed E-state index contributed by atoms with van der Waals surface area (Å²) in [5, 5.41) is 10.7. The zero-order valence-corrected chi connectivity index (χ0v) is 18.8. The Bertz CT molecular complexity index is 1210. The summed E-state index contributed by atoms with van der Waals surface area (Å²) in [4.78, 5) is 26.3. The molecule has 30 heavy (non-hydrogen) atoms. The molecule has 0 saturated heterocycles. The average molecular weight is 439 g/mol. The molecule has 1 aromatic carbocycles. The van der Waals surface area contributed by atoms with E-state index in [1.165, 1.54) is 23.1 Å². The number of anilines is 1. The minimum Gasteiger partial charge on any atom is -0.298 e. The molecule has 0 fully saturated rings. The van der Waals surface area contributed by atoms with Gasteiger partial charge in [0.15, 0.2) is 5.13 Å². The van der Waals surface area contributed by atoms with Gasteiger partial charge in [-0.2, -0.15) is 4.98 Å². The quantitative estimate of drug-likeness (QED) is 0.433. The highest BCUT2D eigenvalue weighted by molar-refractivity contribution is 7.98. The van der Waals surface area contributed by atoms with Gasteiger partial charge < -0.3 is 0 Å². The van der Waals surface area contributed by atoms with Crippen molar-refractivity contribution in [1.29, 1.82) is 0 Å². The lowest BCUT2D eigenvalue weighted by Crippen LogP contribution is -2.14. The highest BCUT2D eigenvalue weighted by Crippen LogP contribution is 2.25. The molecule has 4 rings (SSSR count). The van der Waals surface area contributed by atoms with Crippen LogP contribution < -0.4 is 5.32 Å². The first-order valence-electron chi connectivity index (χ1n) is 9.59. The molecule has 1 N–H and O–H groups in total. The molecule has 3 heterocycles. The van der Waals surface area contributed by atoms with E-state index >= 15 is 0 Å². The van der Waals surface area contributed by atoms with Crippen molar-refractivity contribution in [2.45, 2.75) is 44.5 Å². The van der Waals surface area contributed by atoms with Crippen molar-refractivity contribution >= 4 is 39.9 Å². The zero-order chi connectivity index (χ0) is 21.3. The van der Waals surface area contributed by atoms with Crippen LogP contribution >= 0.6 is 23.1 Å². The van der Waals surface area contributed by atoms with Crippen LogP contribution in [0.4, 0.5) is 5.13 Å². The number of benzene rings is 1. The van der Waals surface area contributed by atoms with Crippen LogP contribution in [0.15, 0.2) is 40.9 Å². The maximum Gasteiger partial charge on any atom is 0.257 e. The summed E-state index contributed by atoms with van der Waals surface area (Å²) < 4.78 is 1.74. The van der Waals surface area contributed by atoms with E-state index in [4.69, 9.17) is 0 Å². The van der Waals surface area contributed by atoms with Crippen LogP contribution in [-0.2, 0) is 5.75 Å². The molecule has 3 aromatic heterocycles. The number of nitrogens with one attached hydrogen (secondary N) is 1. The van der Waals surface area contributed by atoms with Gasteiger partial charge in [-0.15, -0.1) is 16.4 Å². The van der Waals surface area contributed by atoms with E-state index in [0.29, 0.717) is 33.3 Å². The molecule has 4 aromatic rings. The van der Waals surface area contributed by atoms with E-state index in [-0.39, 0.29) is 5.91 Å². The molecule has 0 aliphatic carbocycles. The topological polar surface area (TPSA) is 85.1 Å². The van der Waals surface area contributed by atoms with Gasteiger partial charge in [0.1, 0.15) is 0 Å². The SMILES string of the molecule is Cc1cc(C)n2nc(SCc3ccccc3C(=O)Nc3nc(C(C)C)cs3)nc2n1. The largest absolute Gasteiger partial charge is 0.298 e. The molecule has 0 unspecified atom stereocenters. The first-order valence-corrected chi connectivity index (χ1v) is 11.5. The van der Waals surface area contributed by atoms with Crippen molar-refractivity contribution in [3.05, 3.63) is 63.9 Å². The number of hydrogen-bond acceptors (Lipinski definition) is 7. The minimum atomic E-state index is -0.160. The third-order valence-corrected chi connectivity index (χ3v) is 6.21. The molecular weight excluding hydrogens is 416 g/mol. The number of fused-ring (bicyclic) bond motifs is 1. The normalized spacial score (nSPS) is 11.4.